The molecule has 0 amide bonds. The van der Waals surface area contributed by atoms with E-state index < -0.39 is 0 Å². The summed E-state index contributed by atoms with van der Waals surface area (Å²) in [5.41, 5.74) is 15.4. The summed E-state index contributed by atoms with van der Waals surface area (Å²) in [6.07, 6.45) is 0. The maximum Gasteiger partial charge on any atom is 0.139 e. The normalized spacial score (nSPS) is 13.6. The van der Waals surface area contributed by atoms with E-state index in [2.05, 4.69) is 173 Å². The largest absolute Gasteiger partial charge is 0.456 e. The molecule has 10 rings (SSSR count). The van der Waals surface area contributed by atoms with Crippen molar-refractivity contribution < 1.29 is 8.83 Å². The Bertz CT molecular complexity index is 2850. The minimum absolute atomic E-state index is 0.0432. The summed E-state index contributed by atoms with van der Waals surface area (Å²) in [6.45, 7) is 11.5. The average Bonchev–Trinajstić information content (AvgIpc) is 3.79. The molecule has 0 aliphatic heterocycles. The molecule has 52 heavy (non-hydrogen) atoms. The Morgan fingerprint density at radius 1 is 0.538 bits per heavy atom. The van der Waals surface area contributed by atoms with E-state index in [-0.39, 0.29) is 10.8 Å². The molecule has 9 aromatic rings. The molecule has 0 N–H and O–H groups in total. The molecule has 252 valence electrons. The van der Waals surface area contributed by atoms with E-state index in [0.29, 0.717) is 0 Å². The summed E-state index contributed by atoms with van der Waals surface area (Å²) in [6, 6.07) is 52.3. The second-order valence-electron chi connectivity index (χ2n) is 15.7. The third-order valence-corrected chi connectivity index (χ3v) is 11.2. The van der Waals surface area contributed by atoms with Gasteiger partial charge in [0.05, 0.1) is 5.69 Å². The Kier molecular flexibility index (Phi) is 6.48. The van der Waals surface area contributed by atoms with E-state index in [4.69, 9.17) is 8.83 Å². The standard InChI is InChI=1S/C49H39NO2/c1-48(2,3)39-18-11-17-37-45-42(52-47(37)39)28-27-38-44(45)36-16-12-19-40(46(36)49(38,4)5)50(32-23-21-31(22-24-32)30-13-7-6-8-14-30)33-25-26-35-34-15-9-10-20-41(34)51-43(35)29-33/h6-29H,1-5H3. The number of nitrogens with zero attached hydrogens (tertiary/aromatic N) is 1. The monoisotopic (exact) mass is 673 g/mol. The second kappa shape index (κ2) is 11.0. The fraction of sp³-hybridized carbons (Fsp3) is 0.143. The molecule has 3 nitrogen and oxygen atoms in total. The molecule has 1 aliphatic rings. The van der Waals surface area contributed by atoms with Gasteiger partial charge >= 0.3 is 0 Å². The lowest BCUT2D eigenvalue weighted by molar-refractivity contribution is 0.573. The van der Waals surface area contributed by atoms with Crippen LogP contribution in [0, 0.1) is 0 Å². The molecule has 0 spiro atoms. The van der Waals surface area contributed by atoms with E-state index in [0.717, 1.165) is 50.2 Å². The lowest BCUT2D eigenvalue weighted by Gasteiger charge is -2.32. The molecule has 2 heterocycles. The maximum atomic E-state index is 6.73. The van der Waals surface area contributed by atoms with Crippen LogP contribution in [-0.2, 0) is 10.8 Å². The minimum atomic E-state index is -0.285. The summed E-state index contributed by atoms with van der Waals surface area (Å²) in [5, 5.41) is 4.63. The van der Waals surface area contributed by atoms with Gasteiger partial charge in [-0.15, -0.1) is 0 Å². The lowest BCUT2D eigenvalue weighted by Crippen LogP contribution is -2.20. The number of hydrogen-bond donors (Lipinski definition) is 0. The van der Waals surface area contributed by atoms with Crippen molar-refractivity contribution in [2.24, 2.45) is 0 Å². The molecular formula is C49H39NO2. The third kappa shape index (κ3) is 4.45. The van der Waals surface area contributed by atoms with Crippen LogP contribution < -0.4 is 4.90 Å². The topological polar surface area (TPSA) is 29.5 Å². The molecule has 0 atom stereocenters. The highest BCUT2D eigenvalue weighted by molar-refractivity contribution is 6.16. The number of rotatable bonds is 4. The highest BCUT2D eigenvalue weighted by atomic mass is 16.3. The van der Waals surface area contributed by atoms with Crippen LogP contribution in [0.3, 0.4) is 0 Å². The van der Waals surface area contributed by atoms with Crippen molar-refractivity contribution in [1.82, 2.24) is 0 Å². The number of furan rings is 2. The molecule has 3 heteroatoms. The summed E-state index contributed by atoms with van der Waals surface area (Å²) in [4.78, 5) is 2.41. The Hall–Kier alpha value is -6.06. The number of anilines is 3. The van der Waals surface area contributed by atoms with Gasteiger partial charge in [-0.1, -0.05) is 132 Å². The molecule has 0 saturated heterocycles. The molecule has 2 aromatic heterocycles. The molecule has 0 bridgehead atoms. The van der Waals surface area contributed by atoms with Gasteiger partial charge in [-0.2, -0.15) is 0 Å². The van der Waals surface area contributed by atoms with Crippen LogP contribution in [0.5, 0.6) is 0 Å². The maximum absolute atomic E-state index is 6.73. The zero-order valence-corrected chi connectivity index (χ0v) is 30.1. The van der Waals surface area contributed by atoms with Crippen molar-refractivity contribution in [2.45, 2.75) is 45.4 Å². The van der Waals surface area contributed by atoms with Gasteiger partial charge in [0.2, 0.25) is 0 Å². The zero-order chi connectivity index (χ0) is 35.4. The first kappa shape index (κ1) is 30.7. The van der Waals surface area contributed by atoms with Gasteiger partial charge in [-0.05, 0) is 81.3 Å². The first-order chi connectivity index (χ1) is 25.2. The van der Waals surface area contributed by atoms with Crippen molar-refractivity contribution in [3.8, 4) is 22.3 Å². The Balaban J connectivity index is 1.22. The van der Waals surface area contributed by atoms with Gasteiger partial charge in [0.25, 0.3) is 0 Å². The van der Waals surface area contributed by atoms with Crippen molar-refractivity contribution >= 4 is 60.9 Å². The predicted octanol–water partition coefficient (Wildman–Crippen LogP) is 14.2. The fourth-order valence-electron chi connectivity index (χ4n) is 8.72. The molecule has 7 aromatic carbocycles. The van der Waals surface area contributed by atoms with Crippen LogP contribution in [-0.4, -0.2) is 0 Å². The number of benzene rings is 7. The SMILES string of the molecule is CC(C)(C)c1cccc2c1oc1ccc3c(c12)-c1cccc(N(c2ccc(-c4ccccc4)cc2)c2ccc4c(c2)oc2ccccc24)c1C3(C)C. The van der Waals surface area contributed by atoms with Gasteiger partial charge < -0.3 is 13.7 Å². The summed E-state index contributed by atoms with van der Waals surface area (Å²) in [7, 11) is 0. The van der Waals surface area contributed by atoms with Crippen molar-refractivity contribution in [3.63, 3.8) is 0 Å². The van der Waals surface area contributed by atoms with Crippen LogP contribution in [0.1, 0.15) is 51.3 Å². The second-order valence-corrected chi connectivity index (χ2v) is 15.7. The Labute approximate surface area is 303 Å². The number of fused-ring (bicyclic) bond motifs is 10. The van der Waals surface area contributed by atoms with Gasteiger partial charge in [0.15, 0.2) is 0 Å². The van der Waals surface area contributed by atoms with Crippen LogP contribution in [0.2, 0.25) is 0 Å². The van der Waals surface area contributed by atoms with E-state index in [1.54, 1.807) is 0 Å². The highest BCUT2D eigenvalue weighted by Crippen LogP contribution is 2.57. The van der Waals surface area contributed by atoms with E-state index >= 15 is 0 Å². The minimum Gasteiger partial charge on any atom is -0.456 e. The molecule has 0 radical (unpaired) electrons. The first-order valence-corrected chi connectivity index (χ1v) is 18.2. The van der Waals surface area contributed by atoms with Gasteiger partial charge in [-0.25, -0.2) is 0 Å². The van der Waals surface area contributed by atoms with Crippen LogP contribution >= 0.6 is 0 Å². The van der Waals surface area contributed by atoms with Crippen LogP contribution in [0.25, 0.3) is 66.1 Å². The van der Waals surface area contributed by atoms with Crippen molar-refractivity contribution in [3.05, 3.63) is 162 Å². The smallest absolute Gasteiger partial charge is 0.139 e. The highest BCUT2D eigenvalue weighted by Gasteiger charge is 2.41. The Morgan fingerprint density at radius 2 is 1.23 bits per heavy atom. The predicted molar refractivity (Wildman–Crippen MR) is 217 cm³/mol. The summed E-state index contributed by atoms with van der Waals surface area (Å²) >= 11 is 0. The summed E-state index contributed by atoms with van der Waals surface area (Å²) < 4.78 is 13.2. The Morgan fingerprint density at radius 3 is 2.04 bits per heavy atom. The number of para-hydroxylation sites is 2. The number of hydrogen-bond acceptors (Lipinski definition) is 3. The van der Waals surface area contributed by atoms with Crippen molar-refractivity contribution in [2.75, 3.05) is 4.90 Å². The molecule has 0 fully saturated rings. The average molecular weight is 674 g/mol. The van der Waals surface area contributed by atoms with Crippen LogP contribution in [0.4, 0.5) is 17.1 Å². The van der Waals surface area contributed by atoms with Gasteiger partial charge in [-0.3, -0.25) is 0 Å². The quantitative estimate of drug-likeness (QED) is 0.186. The first-order valence-electron chi connectivity index (χ1n) is 18.2. The summed E-state index contributed by atoms with van der Waals surface area (Å²) in [5.74, 6) is 0. The molecule has 0 saturated carbocycles. The van der Waals surface area contributed by atoms with Crippen molar-refractivity contribution in [1.29, 1.82) is 0 Å². The molecular weight excluding hydrogens is 635 g/mol. The van der Waals surface area contributed by atoms with Gasteiger partial charge in [0, 0.05) is 50.0 Å². The van der Waals surface area contributed by atoms with E-state index in [9.17, 15) is 0 Å². The van der Waals surface area contributed by atoms with Crippen LogP contribution in [0.15, 0.2) is 154 Å². The lowest BCUT2D eigenvalue weighted by atomic mass is 9.81. The van der Waals surface area contributed by atoms with E-state index in [1.165, 1.54) is 49.7 Å². The molecule has 1 aliphatic carbocycles. The van der Waals surface area contributed by atoms with Gasteiger partial charge in [0.1, 0.15) is 22.3 Å². The molecule has 0 unspecified atom stereocenters. The fourth-order valence-corrected chi connectivity index (χ4v) is 8.72. The third-order valence-electron chi connectivity index (χ3n) is 11.2. The van der Waals surface area contributed by atoms with E-state index in [1.807, 2.05) is 12.1 Å². The zero-order valence-electron chi connectivity index (χ0n) is 30.1.